The van der Waals surface area contributed by atoms with Crippen molar-refractivity contribution in [3.8, 4) is 0 Å². The van der Waals surface area contributed by atoms with Gasteiger partial charge in [0.05, 0.1) is 19.3 Å². The minimum Gasteiger partial charge on any atom is -0.366 e. The van der Waals surface area contributed by atoms with E-state index in [4.69, 9.17) is 4.74 Å². The van der Waals surface area contributed by atoms with Crippen LogP contribution in [-0.4, -0.2) is 56.6 Å². The first kappa shape index (κ1) is 15.0. The first-order valence-electron chi connectivity index (χ1n) is 6.66. The van der Waals surface area contributed by atoms with Crippen molar-refractivity contribution in [2.45, 2.75) is 18.8 Å². The number of alkyl halides is 3. The first-order valence-corrected chi connectivity index (χ1v) is 6.66. The van der Waals surface area contributed by atoms with E-state index in [9.17, 15) is 18.0 Å². The van der Waals surface area contributed by atoms with Crippen molar-refractivity contribution in [1.82, 2.24) is 24.6 Å². The molecule has 1 unspecified atom stereocenters. The highest BCUT2D eigenvalue weighted by atomic mass is 19.4. The molecule has 0 bridgehead atoms. The lowest BCUT2D eigenvalue weighted by molar-refractivity contribution is -0.237. The van der Waals surface area contributed by atoms with E-state index in [2.05, 4.69) is 15.1 Å². The standard InChI is InChI=1S/C12H14F3N5O2/c1-19-10-7(4-16-19)11(21)18-9(17-10)6-20-2-3-22-8(5-20)12(13,14)15/h4,8H,2-3,5-6H2,1H3,(H,17,18,21). The van der Waals surface area contributed by atoms with E-state index < -0.39 is 12.3 Å². The van der Waals surface area contributed by atoms with Crippen LogP contribution in [0.15, 0.2) is 11.0 Å². The Kier molecular flexibility index (Phi) is 3.65. The SMILES string of the molecule is Cn1ncc2c(=O)[nH]c(CN3CCOC(C(F)(F)F)C3)nc21. The van der Waals surface area contributed by atoms with E-state index in [0.717, 1.165) is 0 Å². The Hall–Kier alpha value is -1.94. The molecule has 2 aromatic rings. The summed E-state index contributed by atoms with van der Waals surface area (Å²) in [4.78, 5) is 20.3. The average molecular weight is 317 g/mol. The lowest BCUT2D eigenvalue weighted by Gasteiger charge is -2.33. The fraction of sp³-hybridized carbons (Fsp3) is 0.583. The van der Waals surface area contributed by atoms with Crippen LogP contribution in [0.25, 0.3) is 11.0 Å². The Morgan fingerprint density at radius 3 is 3.00 bits per heavy atom. The lowest BCUT2D eigenvalue weighted by atomic mass is 10.2. The van der Waals surface area contributed by atoms with Crippen molar-refractivity contribution < 1.29 is 17.9 Å². The Morgan fingerprint density at radius 2 is 2.27 bits per heavy atom. The van der Waals surface area contributed by atoms with Gasteiger partial charge < -0.3 is 9.72 Å². The molecule has 1 aliphatic heterocycles. The third-order valence-corrected chi connectivity index (χ3v) is 3.54. The smallest absolute Gasteiger partial charge is 0.366 e. The van der Waals surface area contributed by atoms with Crippen molar-refractivity contribution in [3.63, 3.8) is 0 Å². The van der Waals surface area contributed by atoms with Gasteiger partial charge in [-0.3, -0.25) is 14.4 Å². The second-order valence-electron chi connectivity index (χ2n) is 5.15. The minimum atomic E-state index is -4.40. The molecule has 0 aliphatic carbocycles. The summed E-state index contributed by atoms with van der Waals surface area (Å²) in [5.41, 5.74) is 0.0492. The maximum atomic E-state index is 12.7. The quantitative estimate of drug-likeness (QED) is 0.869. The molecular weight excluding hydrogens is 303 g/mol. The Morgan fingerprint density at radius 1 is 1.50 bits per heavy atom. The summed E-state index contributed by atoms with van der Waals surface area (Å²) in [6.07, 6.45) is -4.81. The predicted octanol–water partition coefficient (Wildman–Crippen LogP) is 0.420. The summed E-state index contributed by atoms with van der Waals surface area (Å²) < 4.78 is 44.3. The van der Waals surface area contributed by atoms with Gasteiger partial charge >= 0.3 is 6.18 Å². The Bertz CT molecular complexity index is 738. The van der Waals surface area contributed by atoms with E-state index >= 15 is 0 Å². The molecule has 1 N–H and O–H groups in total. The first-order chi connectivity index (χ1) is 10.3. The number of fused-ring (bicyclic) bond motifs is 1. The fourth-order valence-corrected chi connectivity index (χ4v) is 2.41. The zero-order valence-corrected chi connectivity index (χ0v) is 11.7. The molecule has 1 saturated heterocycles. The molecule has 1 fully saturated rings. The highest BCUT2D eigenvalue weighted by molar-refractivity contribution is 5.72. The van der Waals surface area contributed by atoms with Gasteiger partial charge in [0, 0.05) is 20.1 Å². The van der Waals surface area contributed by atoms with Gasteiger partial charge in [0.25, 0.3) is 5.56 Å². The average Bonchev–Trinajstić information content (AvgIpc) is 2.80. The summed E-state index contributed by atoms with van der Waals surface area (Å²) in [6.45, 7) is 0.172. The second kappa shape index (κ2) is 5.36. The van der Waals surface area contributed by atoms with Gasteiger partial charge in [-0.05, 0) is 0 Å². The number of hydrogen-bond donors (Lipinski definition) is 1. The number of nitrogens with zero attached hydrogens (tertiary/aromatic N) is 4. The number of aromatic nitrogens is 4. The molecule has 0 spiro atoms. The molecule has 120 valence electrons. The van der Waals surface area contributed by atoms with Crippen LogP contribution in [0.3, 0.4) is 0 Å². The Balaban J connectivity index is 1.81. The summed E-state index contributed by atoms with van der Waals surface area (Å²) in [5.74, 6) is 0.309. The molecule has 10 heteroatoms. The molecule has 2 aromatic heterocycles. The van der Waals surface area contributed by atoms with Crippen molar-refractivity contribution in [3.05, 3.63) is 22.4 Å². The zero-order chi connectivity index (χ0) is 15.9. The molecular formula is C12H14F3N5O2. The van der Waals surface area contributed by atoms with Gasteiger partial charge in [-0.1, -0.05) is 0 Å². The highest BCUT2D eigenvalue weighted by Crippen LogP contribution is 2.26. The van der Waals surface area contributed by atoms with E-state index in [1.807, 2.05) is 0 Å². The summed E-state index contributed by atoms with van der Waals surface area (Å²) in [7, 11) is 1.65. The van der Waals surface area contributed by atoms with Crippen LogP contribution in [0.2, 0.25) is 0 Å². The molecule has 0 radical (unpaired) electrons. The van der Waals surface area contributed by atoms with Crippen LogP contribution in [-0.2, 0) is 18.3 Å². The fourth-order valence-electron chi connectivity index (χ4n) is 2.41. The molecule has 1 aliphatic rings. The summed E-state index contributed by atoms with van der Waals surface area (Å²) in [5, 5.41) is 4.29. The van der Waals surface area contributed by atoms with Crippen molar-refractivity contribution in [2.24, 2.45) is 7.05 Å². The van der Waals surface area contributed by atoms with Crippen molar-refractivity contribution in [2.75, 3.05) is 19.7 Å². The normalized spacial score (nSPS) is 20.6. The van der Waals surface area contributed by atoms with Gasteiger partial charge in [0.15, 0.2) is 11.8 Å². The van der Waals surface area contributed by atoms with Gasteiger partial charge in [0.1, 0.15) is 11.2 Å². The highest BCUT2D eigenvalue weighted by Gasteiger charge is 2.43. The number of H-pyrrole nitrogens is 1. The molecule has 3 rings (SSSR count). The number of aryl methyl sites for hydroxylation is 1. The molecule has 7 nitrogen and oxygen atoms in total. The van der Waals surface area contributed by atoms with Gasteiger partial charge in [-0.15, -0.1) is 0 Å². The number of nitrogens with one attached hydrogen (secondary N) is 1. The molecule has 0 aromatic carbocycles. The number of aromatic amines is 1. The zero-order valence-electron chi connectivity index (χ0n) is 11.7. The second-order valence-corrected chi connectivity index (χ2v) is 5.15. The van der Waals surface area contributed by atoms with E-state index in [1.54, 1.807) is 11.9 Å². The number of rotatable bonds is 2. The Labute approximate surface area is 122 Å². The summed E-state index contributed by atoms with van der Waals surface area (Å²) in [6, 6.07) is 0. The molecule has 22 heavy (non-hydrogen) atoms. The van der Waals surface area contributed by atoms with Crippen LogP contribution in [0.5, 0.6) is 0 Å². The van der Waals surface area contributed by atoms with Gasteiger partial charge in [-0.25, -0.2) is 4.98 Å². The minimum absolute atomic E-state index is 0.0115. The maximum absolute atomic E-state index is 12.7. The van der Waals surface area contributed by atoms with E-state index in [0.29, 0.717) is 23.4 Å². The van der Waals surface area contributed by atoms with Crippen LogP contribution in [0, 0.1) is 0 Å². The largest absolute Gasteiger partial charge is 0.415 e. The number of morpholine rings is 1. The van der Waals surface area contributed by atoms with Crippen LogP contribution in [0.4, 0.5) is 13.2 Å². The molecule has 3 heterocycles. The van der Waals surface area contributed by atoms with Gasteiger partial charge in [0.2, 0.25) is 0 Å². The topological polar surface area (TPSA) is 76.0 Å². The monoisotopic (exact) mass is 317 g/mol. The van der Waals surface area contributed by atoms with Crippen LogP contribution in [0.1, 0.15) is 5.82 Å². The van der Waals surface area contributed by atoms with Crippen molar-refractivity contribution >= 4 is 11.0 Å². The van der Waals surface area contributed by atoms with Crippen LogP contribution < -0.4 is 5.56 Å². The number of ether oxygens (including phenoxy) is 1. The molecule has 1 atom stereocenters. The lowest BCUT2D eigenvalue weighted by Crippen LogP contribution is -2.48. The number of halogens is 3. The predicted molar refractivity (Wildman–Crippen MR) is 70.2 cm³/mol. The molecule has 0 amide bonds. The summed E-state index contributed by atoms with van der Waals surface area (Å²) >= 11 is 0. The molecule has 0 saturated carbocycles. The van der Waals surface area contributed by atoms with Crippen molar-refractivity contribution in [1.29, 1.82) is 0 Å². The van der Waals surface area contributed by atoms with E-state index in [1.165, 1.54) is 10.9 Å². The third-order valence-electron chi connectivity index (χ3n) is 3.54. The maximum Gasteiger partial charge on any atom is 0.415 e. The third kappa shape index (κ3) is 2.83. The van der Waals surface area contributed by atoms with Gasteiger partial charge in [-0.2, -0.15) is 18.3 Å². The van der Waals surface area contributed by atoms with Crippen LogP contribution >= 0.6 is 0 Å². The van der Waals surface area contributed by atoms with E-state index in [-0.39, 0.29) is 25.3 Å². The number of hydrogen-bond acceptors (Lipinski definition) is 5.